The van der Waals surface area contributed by atoms with Gasteiger partial charge >= 0.3 is 5.97 Å². The van der Waals surface area contributed by atoms with Crippen molar-refractivity contribution in [1.82, 2.24) is 14.7 Å². The first-order valence-electron chi connectivity index (χ1n) is 5.85. The molecule has 20 heavy (non-hydrogen) atoms. The van der Waals surface area contributed by atoms with E-state index in [1.807, 2.05) is 0 Å². The van der Waals surface area contributed by atoms with Crippen molar-refractivity contribution < 1.29 is 14.3 Å². The summed E-state index contributed by atoms with van der Waals surface area (Å²) in [5.74, 6) is -0.976. The number of fused-ring (bicyclic) bond motifs is 1. The predicted molar refractivity (Wildman–Crippen MR) is 73.0 cm³/mol. The normalized spacial score (nSPS) is 10.5. The van der Waals surface area contributed by atoms with Crippen LogP contribution in [0, 0.1) is 6.92 Å². The molecule has 106 valence electrons. The van der Waals surface area contributed by atoms with E-state index in [4.69, 9.17) is 0 Å². The third-order valence-electron chi connectivity index (χ3n) is 2.70. The van der Waals surface area contributed by atoms with Crippen molar-refractivity contribution >= 4 is 28.2 Å². The molecule has 2 aromatic rings. The number of methoxy groups -OCH3 is 1. The molecule has 2 aromatic heterocycles. The number of carbonyl (C=O) groups is 2. The third-order valence-corrected chi connectivity index (χ3v) is 3.66. The molecule has 0 atom stereocenters. The van der Waals surface area contributed by atoms with Gasteiger partial charge in [0.1, 0.15) is 5.56 Å². The number of ether oxygens (including phenoxy) is 1. The van der Waals surface area contributed by atoms with Crippen molar-refractivity contribution in [3.8, 4) is 0 Å². The lowest BCUT2D eigenvalue weighted by Gasteiger charge is -2.04. The molecule has 8 heteroatoms. The zero-order valence-corrected chi connectivity index (χ0v) is 11.8. The first kappa shape index (κ1) is 14.2. The molecule has 2 rings (SSSR count). The SMILES string of the molecule is COC(=O)CCNC(=O)c1cnc2scc(C)n2c1=O. The van der Waals surface area contributed by atoms with Gasteiger partial charge in [0.2, 0.25) is 0 Å². The van der Waals surface area contributed by atoms with Gasteiger partial charge in [0.15, 0.2) is 4.96 Å². The maximum Gasteiger partial charge on any atom is 0.307 e. The van der Waals surface area contributed by atoms with Crippen LogP contribution in [0.3, 0.4) is 0 Å². The van der Waals surface area contributed by atoms with Crippen LogP contribution in [0.4, 0.5) is 0 Å². The second-order valence-electron chi connectivity index (χ2n) is 4.05. The number of carbonyl (C=O) groups excluding carboxylic acids is 2. The van der Waals surface area contributed by atoms with Gasteiger partial charge in [0.05, 0.1) is 13.5 Å². The predicted octanol–water partition coefficient (Wildman–Crippen LogP) is 0.357. The van der Waals surface area contributed by atoms with Crippen molar-refractivity contribution in [2.75, 3.05) is 13.7 Å². The summed E-state index contributed by atoms with van der Waals surface area (Å²) in [6.07, 6.45) is 1.30. The van der Waals surface area contributed by atoms with Gasteiger partial charge in [-0.05, 0) is 6.92 Å². The maximum atomic E-state index is 12.2. The van der Waals surface area contributed by atoms with E-state index in [2.05, 4.69) is 15.0 Å². The minimum Gasteiger partial charge on any atom is -0.469 e. The molecular formula is C12H13N3O4S. The maximum absolute atomic E-state index is 12.2. The Morgan fingerprint density at radius 1 is 1.50 bits per heavy atom. The standard InChI is InChI=1S/C12H13N3O4S/c1-7-6-20-12-14-5-8(11(18)15(7)12)10(17)13-4-3-9(16)19-2/h5-6H,3-4H2,1-2H3,(H,13,17). The number of nitrogens with one attached hydrogen (secondary N) is 1. The molecule has 0 unspecified atom stereocenters. The highest BCUT2D eigenvalue weighted by atomic mass is 32.1. The van der Waals surface area contributed by atoms with Crippen LogP contribution in [0.15, 0.2) is 16.4 Å². The fraction of sp³-hybridized carbons (Fsp3) is 0.333. The average molecular weight is 295 g/mol. The van der Waals surface area contributed by atoms with Crippen molar-refractivity contribution in [3.05, 3.63) is 33.2 Å². The van der Waals surface area contributed by atoms with E-state index in [0.717, 1.165) is 5.69 Å². The van der Waals surface area contributed by atoms with Crippen LogP contribution in [0.25, 0.3) is 4.96 Å². The molecule has 7 nitrogen and oxygen atoms in total. The molecule has 2 heterocycles. The Labute approximate surface area is 118 Å². The molecule has 0 aromatic carbocycles. The number of nitrogens with zero attached hydrogens (tertiary/aromatic N) is 2. The molecule has 1 N–H and O–H groups in total. The molecule has 0 aliphatic carbocycles. The Morgan fingerprint density at radius 2 is 2.25 bits per heavy atom. The Balaban J connectivity index is 2.18. The van der Waals surface area contributed by atoms with Crippen LogP contribution in [0.1, 0.15) is 22.5 Å². The fourth-order valence-corrected chi connectivity index (χ4v) is 2.48. The van der Waals surface area contributed by atoms with E-state index < -0.39 is 17.4 Å². The van der Waals surface area contributed by atoms with Crippen LogP contribution in [-0.2, 0) is 9.53 Å². The van der Waals surface area contributed by atoms with Gasteiger partial charge < -0.3 is 10.1 Å². The quantitative estimate of drug-likeness (QED) is 0.822. The zero-order chi connectivity index (χ0) is 14.7. The number of hydrogen-bond acceptors (Lipinski definition) is 6. The summed E-state index contributed by atoms with van der Waals surface area (Å²) in [4.78, 5) is 39.6. The molecule has 0 spiro atoms. The van der Waals surface area contributed by atoms with Gasteiger partial charge in [-0.2, -0.15) is 0 Å². The summed E-state index contributed by atoms with van der Waals surface area (Å²) in [6.45, 7) is 1.88. The largest absolute Gasteiger partial charge is 0.469 e. The lowest BCUT2D eigenvalue weighted by atomic mass is 10.3. The summed E-state index contributed by atoms with van der Waals surface area (Å²) >= 11 is 1.33. The number of rotatable bonds is 4. The topological polar surface area (TPSA) is 89.8 Å². The Kier molecular flexibility index (Phi) is 4.14. The van der Waals surface area contributed by atoms with Gasteiger partial charge in [-0.1, -0.05) is 0 Å². The zero-order valence-electron chi connectivity index (χ0n) is 11.0. The Bertz CT molecular complexity index is 719. The second kappa shape index (κ2) is 5.83. The smallest absolute Gasteiger partial charge is 0.307 e. The van der Waals surface area contributed by atoms with Gasteiger partial charge in [0.25, 0.3) is 11.5 Å². The number of aryl methyl sites for hydroxylation is 1. The van der Waals surface area contributed by atoms with E-state index in [9.17, 15) is 14.4 Å². The van der Waals surface area contributed by atoms with Crippen LogP contribution >= 0.6 is 11.3 Å². The summed E-state index contributed by atoms with van der Waals surface area (Å²) in [7, 11) is 1.27. The highest BCUT2D eigenvalue weighted by Crippen LogP contribution is 2.10. The summed E-state index contributed by atoms with van der Waals surface area (Å²) in [5, 5.41) is 4.29. The fourth-order valence-electron chi connectivity index (χ4n) is 1.66. The minimum absolute atomic E-state index is 0.0473. The number of esters is 1. The summed E-state index contributed by atoms with van der Waals surface area (Å²) in [6, 6.07) is 0. The van der Waals surface area contributed by atoms with E-state index in [-0.39, 0.29) is 18.5 Å². The Hall–Kier alpha value is -2.22. The van der Waals surface area contributed by atoms with Crippen LogP contribution in [0.5, 0.6) is 0 Å². The number of thiazole rings is 1. The first-order valence-corrected chi connectivity index (χ1v) is 6.73. The highest BCUT2D eigenvalue weighted by molar-refractivity contribution is 7.15. The van der Waals surface area contributed by atoms with Gasteiger partial charge in [-0.15, -0.1) is 11.3 Å². The summed E-state index contributed by atoms with van der Waals surface area (Å²) < 4.78 is 5.85. The van der Waals surface area contributed by atoms with Crippen LogP contribution in [-0.4, -0.2) is 34.9 Å². The Morgan fingerprint density at radius 3 is 2.95 bits per heavy atom. The van der Waals surface area contributed by atoms with Gasteiger partial charge in [-0.25, -0.2) is 4.98 Å². The van der Waals surface area contributed by atoms with E-state index in [1.165, 1.54) is 29.0 Å². The van der Waals surface area contributed by atoms with Gasteiger partial charge in [0, 0.05) is 23.8 Å². The third kappa shape index (κ3) is 2.69. The van der Waals surface area contributed by atoms with Crippen LogP contribution < -0.4 is 10.9 Å². The molecule has 0 aliphatic heterocycles. The van der Waals surface area contributed by atoms with Crippen molar-refractivity contribution in [3.63, 3.8) is 0 Å². The lowest BCUT2D eigenvalue weighted by molar-refractivity contribution is -0.140. The molecule has 0 saturated heterocycles. The van der Waals surface area contributed by atoms with E-state index in [0.29, 0.717) is 4.96 Å². The summed E-state index contributed by atoms with van der Waals surface area (Å²) in [5.41, 5.74) is 0.268. The monoisotopic (exact) mass is 295 g/mol. The second-order valence-corrected chi connectivity index (χ2v) is 4.89. The molecule has 0 saturated carbocycles. The van der Waals surface area contributed by atoms with Crippen LogP contribution in [0.2, 0.25) is 0 Å². The molecular weight excluding hydrogens is 282 g/mol. The van der Waals surface area contributed by atoms with E-state index >= 15 is 0 Å². The van der Waals surface area contributed by atoms with E-state index in [1.54, 1.807) is 12.3 Å². The highest BCUT2D eigenvalue weighted by Gasteiger charge is 2.15. The number of aromatic nitrogens is 2. The average Bonchev–Trinajstić information content (AvgIpc) is 2.81. The minimum atomic E-state index is -0.550. The number of amides is 1. The van der Waals surface area contributed by atoms with Crippen molar-refractivity contribution in [2.24, 2.45) is 0 Å². The number of hydrogen-bond donors (Lipinski definition) is 1. The van der Waals surface area contributed by atoms with Crippen molar-refractivity contribution in [2.45, 2.75) is 13.3 Å². The first-order chi connectivity index (χ1) is 9.54. The van der Waals surface area contributed by atoms with Gasteiger partial charge in [-0.3, -0.25) is 18.8 Å². The molecule has 0 fully saturated rings. The molecule has 0 aliphatic rings. The molecule has 0 radical (unpaired) electrons. The lowest BCUT2D eigenvalue weighted by Crippen LogP contribution is -2.32. The van der Waals surface area contributed by atoms with Crippen molar-refractivity contribution in [1.29, 1.82) is 0 Å². The molecule has 0 bridgehead atoms. The molecule has 1 amide bonds.